The molecule has 0 saturated carbocycles. The third kappa shape index (κ3) is 2.96. The van der Waals surface area contributed by atoms with Gasteiger partial charge in [-0.15, -0.1) is 11.3 Å². The van der Waals surface area contributed by atoms with E-state index in [9.17, 15) is 4.79 Å². The van der Waals surface area contributed by atoms with Crippen LogP contribution < -0.4 is 5.56 Å². The summed E-state index contributed by atoms with van der Waals surface area (Å²) < 4.78 is 6.96. The van der Waals surface area contributed by atoms with Gasteiger partial charge in [-0.3, -0.25) is 9.36 Å². The predicted molar refractivity (Wildman–Crippen MR) is 109 cm³/mol. The minimum atomic E-state index is -0.0210. The molecule has 0 N–H and O–H groups in total. The maximum atomic E-state index is 13.1. The highest BCUT2D eigenvalue weighted by molar-refractivity contribution is 7.18. The lowest BCUT2D eigenvalue weighted by Gasteiger charge is -2.17. The molecule has 3 heterocycles. The fourth-order valence-corrected chi connectivity index (χ4v) is 5.19. The Hall–Kier alpha value is -2.80. The van der Waals surface area contributed by atoms with Crippen LogP contribution in [0.1, 0.15) is 35.2 Å². The summed E-state index contributed by atoms with van der Waals surface area (Å²) in [5.74, 6) is 1.60. The van der Waals surface area contributed by atoms with E-state index in [1.54, 1.807) is 22.2 Å². The van der Waals surface area contributed by atoms with Gasteiger partial charge in [0.05, 0.1) is 11.7 Å². The Morgan fingerprint density at radius 1 is 1.36 bits per heavy atom. The number of rotatable bonds is 3. The monoisotopic (exact) mass is 392 g/mol. The Labute approximate surface area is 165 Å². The number of aromatic nitrogens is 4. The largest absolute Gasteiger partial charge is 0.337 e. The van der Waals surface area contributed by atoms with Gasteiger partial charge in [0, 0.05) is 10.4 Å². The molecule has 0 fully saturated rings. The zero-order valence-corrected chi connectivity index (χ0v) is 16.6. The molecular weight excluding hydrogens is 372 g/mol. The van der Waals surface area contributed by atoms with Crippen LogP contribution >= 0.6 is 11.3 Å². The number of hydrogen-bond donors (Lipinski definition) is 0. The van der Waals surface area contributed by atoms with Crippen LogP contribution in [0.5, 0.6) is 0 Å². The highest BCUT2D eigenvalue weighted by atomic mass is 32.1. The molecule has 142 valence electrons. The highest BCUT2D eigenvalue weighted by Gasteiger charge is 2.23. The van der Waals surface area contributed by atoms with Crippen molar-refractivity contribution >= 4 is 21.6 Å². The van der Waals surface area contributed by atoms with E-state index in [1.807, 2.05) is 31.2 Å². The molecule has 1 aromatic carbocycles. The molecule has 6 nitrogen and oxygen atoms in total. The van der Waals surface area contributed by atoms with Gasteiger partial charge in [-0.2, -0.15) is 4.98 Å². The molecule has 0 amide bonds. The minimum absolute atomic E-state index is 0.0210. The van der Waals surface area contributed by atoms with Crippen LogP contribution in [0.15, 0.2) is 39.9 Å². The molecule has 4 aromatic rings. The zero-order chi connectivity index (χ0) is 19.3. The number of hydrogen-bond acceptors (Lipinski definition) is 6. The summed E-state index contributed by atoms with van der Waals surface area (Å²) in [4.78, 5) is 24.3. The van der Waals surface area contributed by atoms with Gasteiger partial charge in [0.1, 0.15) is 11.4 Å². The lowest BCUT2D eigenvalue weighted by Crippen LogP contribution is -2.22. The summed E-state index contributed by atoms with van der Waals surface area (Å²) in [6.45, 7) is 4.51. The van der Waals surface area contributed by atoms with Gasteiger partial charge >= 0.3 is 0 Å². The van der Waals surface area contributed by atoms with Crippen molar-refractivity contribution in [2.45, 2.75) is 39.7 Å². The van der Waals surface area contributed by atoms with Crippen LogP contribution in [0, 0.1) is 12.8 Å². The second-order valence-corrected chi connectivity index (χ2v) is 8.67. The molecule has 0 aliphatic heterocycles. The molecular formula is C21H20N4O2S. The Morgan fingerprint density at radius 2 is 2.25 bits per heavy atom. The first-order valence-corrected chi connectivity index (χ1v) is 10.3. The summed E-state index contributed by atoms with van der Waals surface area (Å²) in [7, 11) is 0. The van der Waals surface area contributed by atoms with Crippen LogP contribution in [-0.2, 0) is 19.4 Å². The fourth-order valence-electron chi connectivity index (χ4n) is 3.84. The Morgan fingerprint density at radius 3 is 3.11 bits per heavy atom. The van der Waals surface area contributed by atoms with Crippen molar-refractivity contribution in [3.63, 3.8) is 0 Å². The van der Waals surface area contributed by atoms with E-state index < -0.39 is 0 Å². The van der Waals surface area contributed by atoms with Crippen LogP contribution in [0.2, 0.25) is 0 Å². The van der Waals surface area contributed by atoms with Crippen molar-refractivity contribution in [1.82, 2.24) is 19.7 Å². The molecule has 0 spiro atoms. The Balaban J connectivity index is 1.49. The zero-order valence-electron chi connectivity index (χ0n) is 15.8. The molecule has 7 heteroatoms. The summed E-state index contributed by atoms with van der Waals surface area (Å²) in [6, 6.07) is 7.93. The third-order valence-corrected chi connectivity index (χ3v) is 6.49. The summed E-state index contributed by atoms with van der Waals surface area (Å²) in [5, 5.41) is 4.84. The molecule has 3 aromatic heterocycles. The molecule has 28 heavy (non-hydrogen) atoms. The van der Waals surface area contributed by atoms with Crippen molar-refractivity contribution in [3.05, 3.63) is 62.8 Å². The molecule has 1 aliphatic carbocycles. The maximum absolute atomic E-state index is 13.1. The number of nitrogens with zero attached hydrogens (tertiary/aromatic N) is 4. The van der Waals surface area contributed by atoms with Crippen molar-refractivity contribution < 1.29 is 4.52 Å². The molecule has 0 bridgehead atoms. The van der Waals surface area contributed by atoms with E-state index in [0.29, 0.717) is 17.6 Å². The average Bonchev–Trinajstić information content (AvgIpc) is 3.28. The summed E-state index contributed by atoms with van der Waals surface area (Å²) >= 11 is 1.66. The summed E-state index contributed by atoms with van der Waals surface area (Å²) in [6.07, 6.45) is 4.71. The quantitative estimate of drug-likeness (QED) is 0.527. The minimum Gasteiger partial charge on any atom is -0.337 e. The van der Waals surface area contributed by atoms with Crippen LogP contribution in [-0.4, -0.2) is 19.7 Å². The van der Waals surface area contributed by atoms with E-state index in [1.165, 1.54) is 10.4 Å². The van der Waals surface area contributed by atoms with Gasteiger partial charge in [0.25, 0.3) is 5.56 Å². The summed E-state index contributed by atoms with van der Waals surface area (Å²) in [5.41, 5.74) is 3.20. The van der Waals surface area contributed by atoms with Crippen LogP contribution in [0.3, 0.4) is 0 Å². The van der Waals surface area contributed by atoms with Crippen molar-refractivity contribution in [1.29, 1.82) is 0 Å². The lowest BCUT2D eigenvalue weighted by molar-refractivity contribution is 0.369. The first-order chi connectivity index (χ1) is 13.6. The highest BCUT2D eigenvalue weighted by Crippen LogP contribution is 2.35. The SMILES string of the molecule is Cc1cccc(-c2noc(Cn3cnc4sc5c(c4c3=O)CCC(C)C5)n2)c1. The second-order valence-electron chi connectivity index (χ2n) is 7.59. The number of benzene rings is 1. The Kier molecular flexibility index (Phi) is 4.12. The first-order valence-electron chi connectivity index (χ1n) is 9.48. The first kappa shape index (κ1) is 17.3. The van der Waals surface area contributed by atoms with Crippen molar-refractivity contribution in [2.75, 3.05) is 0 Å². The lowest BCUT2D eigenvalue weighted by atomic mass is 9.89. The number of fused-ring (bicyclic) bond motifs is 3. The number of thiophene rings is 1. The molecule has 0 saturated heterocycles. The van der Waals surface area contributed by atoms with E-state index in [-0.39, 0.29) is 12.1 Å². The normalized spacial score (nSPS) is 16.4. The maximum Gasteiger partial charge on any atom is 0.262 e. The van der Waals surface area contributed by atoms with Crippen LogP contribution in [0.25, 0.3) is 21.6 Å². The smallest absolute Gasteiger partial charge is 0.262 e. The fraction of sp³-hybridized carbons (Fsp3) is 0.333. The van der Waals surface area contributed by atoms with Gasteiger partial charge in [-0.05, 0) is 43.7 Å². The van der Waals surface area contributed by atoms with Gasteiger partial charge < -0.3 is 4.52 Å². The van der Waals surface area contributed by atoms with E-state index in [2.05, 4.69) is 22.0 Å². The average molecular weight is 392 g/mol. The van der Waals surface area contributed by atoms with Crippen molar-refractivity contribution in [3.8, 4) is 11.4 Å². The van der Waals surface area contributed by atoms with Crippen molar-refractivity contribution in [2.24, 2.45) is 5.92 Å². The number of aryl methyl sites for hydroxylation is 2. The topological polar surface area (TPSA) is 73.8 Å². The Bertz CT molecular complexity index is 1240. The van der Waals surface area contributed by atoms with Gasteiger partial charge in [-0.1, -0.05) is 35.8 Å². The second kappa shape index (κ2) is 6.67. The van der Waals surface area contributed by atoms with E-state index in [0.717, 1.165) is 40.6 Å². The van der Waals surface area contributed by atoms with Gasteiger partial charge in [0.2, 0.25) is 11.7 Å². The molecule has 1 aliphatic rings. The molecule has 5 rings (SSSR count). The molecule has 1 atom stereocenters. The standard InChI is InChI=1S/C21H20N4O2S/c1-12-4-3-5-14(8-12)19-23-17(27-24-19)10-25-11-22-20-18(21(25)26)15-7-6-13(2)9-16(15)28-20/h3-5,8,11,13H,6-7,9-10H2,1-2H3. The van der Waals surface area contributed by atoms with Crippen LogP contribution in [0.4, 0.5) is 0 Å². The van der Waals surface area contributed by atoms with Gasteiger partial charge in [-0.25, -0.2) is 4.98 Å². The van der Waals surface area contributed by atoms with E-state index in [4.69, 9.17) is 4.52 Å². The third-order valence-electron chi connectivity index (χ3n) is 5.33. The molecule has 0 radical (unpaired) electrons. The predicted octanol–water partition coefficient (Wildman–Crippen LogP) is 3.99. The van der Waals surface area contributed by atoms with Gasteiger partial charge in [0.15, 0.2) is 0 Å². The molecule has 1 unspecified atom stereocenters. The van der Waals surface area contributed by atoms with E-state index >= 15 is 0 Å².